The first-order valence-corrected chi connectivity index (χ1v) is 8.80. The van der Waals surface area contributed by atoms with Gasteiger partial charge in [0.25, 0.3) is 0 Å². The van der Waals surface area contributed by atoms with Gasteiger partial charge in [-0.25, -0.2) is 0 Å². The Kier molecular flexibility index (Phi) is 3.84. The molecule has 0 spiro atoms. The Bertz CT molecular complexity index is 375. The van der Waals surface area contributed by atoms with Crippen LogP contribution in [0.15, 0.2) is 0 Å². The normalized spacial score (nSPS) is 39.3. The Balaban J connectivity index is 1.55. The molecule has 120 valence electrons. The van der Waals surface area contributed by atoms with E-state index in [4.69, 9.17) is 5.73 Å². The molecule has 0 aromatic heterocycles. The minimum Gasteiger partial charge on any atom is -0.351 e. The van der Waals surface area contributed by atoms with Crippen molar-refractivity contribution in [3.63, 3.8) is 0 Å². The van der Waals surface area contributed by atoms with E-state index in [0.717, 1.165) is 24.2 Å². The summed E-state index contributed by atoms with van der Waals surface area (Å²) in [5, 5.41) is 3.42. The minimum atomic E-state index is -0.0149. The molecule has 3 nitrogen and oxygen atoms in total. The lowest BCUT2D eigenvalue weighted by molar-refractivity contribution is -0.127. The number of carbonyl (C=O) groups is 1. The molecule has 4 rings (SSSR count). The Hall–Kier alpha value is -0.570. The highest BCUT2D eigenvalue weighted by atomic mass is 16.1. The van der Waals surface area contributed by atoms with E-state index >= 15 is 0 Å². The van der Waals surface area contributed by atoms with Crippen LogP contribution in [0.25, 0.3) is 0 Å². The fourth-order valence-electron chi connectivity index (χ4n) is 5.71. The van der Waals surface area contributed by atoms with Gasteiger partial charge in [-0.2, -0.15) is 0 Å². The Morgan fingerprint density at radius 3 is 2.05 bits per heavy atom. The summed E-state index contributed by atoms with van der Waals surface area (Å²) in [6.45, 7) is 6.55. The summed E-state index contributed by atoms with van der Waals surface area (Å²) in [6.07, 6.45) is 9.30. The fourth-order valence-corrected chi connectivity index (χ4v) is 5.71. The monoisotopic (exact) mass is 292 g/mol. The lowest BCUT2D eigenvalue weighted by Gasteiger charge is -2.57. The molecule has 4 saturated carbocycles. The van der Waals surface area contributed by atoms with E-state index in [2.05, 4.69) is 26.1 Å². The maximum Gasteiger partial charge on any atom is 0.221 e. The van der Waals surface area contributed by atoms with Crippen molar-refractivity contribution in [1.82, 2.24) is 5.32 Å². The number of carbonyl (C=O) groups excluding carboxylic acids is 1. The molecule has 3 N–H and O–H groups in total. The SMILES string of the molecule is CC(C)(C)CC(N)CC(=O)NC12CC3CC(CC(C3)C1)C2. The van der Waals surface area contributed by atoms with E-state index in [0.29, 0.717) is 6.42 Å². The molecule has 4 fully saturated rings. The van der Waals surface area contributed by atoms with Crippen molar-refractivity contribution >= 4 is 5.91 Å². The molecular weight excluding hydrogens is 260 g/mol. The largest absolute Gasteiger partial charge is 0.351 e. The molecule has 4 aliphatic rings. The Morgan fingerprint density at radius 2 is 1.62 bits per heavy atom. The highest BCUT2D eigenvalue weighted by Gasteiger charge is 2.51. The number of hydrogen-bond donors (Lipinski definition) is 2. The van der Waals surface area contributed by atoms with Gasteiger partial charge in [-0.1, -0.05) is 20.8 Å². The maximum absolute atomic E-state index is 12.4. The third kappa shape index (κ3) is 3.61. The Labute approximate surface area is 129 Å². The predicted octanol–water partition coefficient (Wildman–Crippen LogP) is 3.23. The zero-order chi connectivity index (χ0) is 15.3. The molecule has 3 heteroatoms. The van der Waals surface area contributed by atoms with Crippen LogP contribution in [0.1, 0.15) is 72.1 Å². The number of hydrogen-bond acceptors (Lipinski definition) is 2. The minimum absolute atomic E-state index is 0.0149. The smallest absolute Gasteiger partial charge is 0.221 e. The molecular formula is C18H32N2O. The van der Waals surface area contributed by atoms with Crippen molar-refractivity contribution in [2.75, 3.05) is 0 Å². The zero-order valence-electron chi connectivity index (χ0n) is 14.0. The molecule has 0 radical (unpaired) electrons. The molecule has 1 amide bonds. The third-order valence-electron chi connectivity index (χ3n) is 5.76. The van der Waals surface area contributed by atoms with Gasteiger partial charge in [0.05, 0.1) is 0 Å². The van der Waals surface area contributed by atoms with E-state index in [-0.39, 0.29) is 22.9 Å². The first-order valence-electron chi connectivity index (χ1n) is 8.80. The summed E-state index contributed by atoms with van der Waals surface area (Å²) in [6, 6.07) is -0.0149. The van der Waals surface area contributed by atoms with Gasteiger partial charge in [0.2, 0.25) is 5.91 Å². The summed E-state index contributed by atoms with van der Waals surface area (Å²) in [4.78, 5) is 12.4. The quantitative estimate of drug-likeness (QED) is 0.836. The summed E-state index contributed by atoms with van der Waals surface area (Å²) >= 11 is 0. The summed E-state index contributed by atoms with van der Waals surface area (Å²) in [7, 11) is 0. The van der Waals surface area contributed by atoms with Crippen molar-refractivity contribution in [3.8, 4) is 0 Å². The first kappa shape index (κ1) is 15.3. The van der Waals surface area contributed by atoms with Crippen LogP contribution >= 0.6 is 0 Å². The second-order valence-electron chi connectivity index (χ2n) is 9.48. The van der Waals surface area contributed by atoms with Gasteiger partial charge in [0.1, 0.15) is 0 Å². The van der Waals surface area contributed by atoms with E-state index < -0.39 is 0 Å². The van der Waals surface area contributed by atoms with Crippen molar-refractivity contribution in [2.45, 2.75) is 83.7 Å². The average Bonchev–Trinajstić information content (AvgIpc) is 2.21. The van der Waals surface area contributed by atoms with Crippen LogP contribution < -0.4 is 11.1 Å². The van der Waals surface area contributed by atoms with Crippen molar-refractivity contribution in [1.29, 1.82) is 0 Å². The van der Waals surface area contributed by atoms with Gasteiger partial charge >= 0.3 is 0 Å². The summed E-state index contributed by atoms with van der Waals surface area (Å²) in [5.41, 5.74) is 6.49. The topological polar surface area (TPSA) is 55.1 Å². The first-order chi connectivity index (χ1) is 9.73. The molecule has 0 saturated heterocycles. The lowest BCUT2D eigenvalue weighted by Crippen LogP contribution is -2.60. The van der Waals surface area contributed by atoms with Gasteiger partial charge < -0.3 is 11.1 Å². The van der Waals surface area contributed by atoms with Crippen LogP contribution in [0.3, 0.4) is 0 Å². The van der Waals surface area contributed by atoms with Crippen LogP contribution in [-0.2, 0) is 4.79 Å². The standard InChI is InChI=1S/C18H32N2O/c1-17(2,3)11-15(19)7-16(21)20-18-8-12-4-13(9-18)6-14(5-12)10-18/h12-15H,4-11,19H2,1-3H3,(H,20,21). The predicted molar refractivity (Wildman–Crippen MR) is 85.7 cm³/mol. The van der Waals surface area contributed by atoms with E-state index in [1.807, 2.05) is 0 Å². The molecule has 4 bridgehead atoms. The molecule has 0 aliphatic heterocycles. The molecule has 0 heterocycles. The van der Waals surface area contributed by atoms with Crippen molar-refractivity contribution in [3.05, 3.63) is 0 Å². The third-order valence-corrected chi connectivity index (χ3v) is 5.76. The molecule has 0 aromatic rings. The van der Waals surface area contributed by atoms with Crippen LogP contribution in [-0.4, -0.2) is 17.5 Å². The number of nitrogens with one attached hydrogen (secondary N) is 1. The van der Waals surface area contributed by atoms with Crippen LogP contribution in [0.5, 0.6) is 0 Å². The van der Waals surface area contributed by atoms with E-state index in [1.54, 1.807) is 0 Å². The number of rotatable bonds is 4. The molecule has 4 aliphatic carbocycles. The van der Waals surface area contributed by atoms with Gasteiger partial charge in [0.15, 0.2) is 0 Å². The molecule has 1 atom stereocenters. The van der Waals surface area contributed by atoms with Gasteiger partial charge in [-0.05, 0) is 68.1 Å². The van der Waals surface area contributed by atoms with Crippen molar-refractivity contribution < 1.29 is 4.79 Å². The maximum atomic E-state index is 12.4. The highest BCUT2D eigenvalue weighted by molar-refractivity contribution is 5.77. The number of amides is 1. The molecule has 21 heavy (non-hydrogen) atoms. The van der Waals surface area contributed by atoms with Crippen LogP contribution in [0.4, 0.5) is 0 Å². The zero-order valence-corrected chi connectivity index (χ0v) is 14.0. The van der Waals surface area contributed by atoms with Crippen LogP contribution in [0.2, 0.25) is 0 Å². The summed E-state index contributed by atoms with van der Waals surface area (Å²) < 4.78 is 0. The molecule has 0 aromatic carbocycles. The van der Waals surface area contributed by atoms with Crippen molar-refractivity contribution in [2.24, 2.45) is 28.9 Å². The average molecular weight is 292 g/mol. The van der Waals surface area contributed by atoms with E-state index in [1.165, 1.54) is 38.5 Å². The van der Waals surface area contributed by atoms with Crippen LogP contribution in [0, 0.1) is 23.2 Å². The Morgan fingerprint density at radius 1 is 1.14 bits per heavy atom. The highest BCUT2D eigenvalue weighted by Crippen LogP contribution is 2.55. The fraction of sp³-hybridized carbons (Fsp3) is 0.944. The second-order valence-corrected chi connectivity index (χ2v) is 9.48. The van der Waals surface area contributed by atoms with Gasteiger partial charge in [-0.15, -0.1) is 0 Å². The number of nitrogens with two attached hydrogens (primary N) is 1. The molecule has 1 unspecified atom stereocenters. The summed E-state index contributed by atoms with van der Waals surface area (Å²) in [5.74, 6) is 2.81. The van der Waals surface area contributed by atoms with Gasteiger partial charge in [-0.3, -0.25) is 4.79 Å². The van der Waals surface area contributed by atoms with E-state index in [9.17, 15) is 4.79 Å². The lowest BCUT2D eigenvalue weighted by atomic mass is 9.53. The van der Waals surface area contributed by atoms with Gasteiger partial charge in [0, 0.05) is 18.0 Å². The second kappa shape index (κ2) is 5.26.